The average Bonchev–Trinajstić information content (AvgIpc) is 2.96. The number of amides is 1. The van der Waals surface area contributed by atoms with Gasteiger partial charge in [-0.1, -0.05) is 27.2 Å². The predicted molar refractivity (Wildman–Crippen MR) is 86.7 cm³/mol. The highest BCUT2D eigenvalue weighted by molar-refractivity contribution is 5.95. The minimum atomic E-state index is 0.155. The van der Waals surface area contributed by atoms with Crippen molar-refractivity contribution in [3.05, 3.63) is 23.4 Å². The third-order valence-electron chi connectivity index (χ3n) is 4.22. The Morgan fingerprint density at radius 3 is 2.86 bits per heavy atom. The Bertz CT molecular complexity index is 499. The van der Waals surface area contributed by atoms with Gasteiger partial charge in [0.25, 0.3) is 5.91 Å². The second kappa shape index (κ2) is 6.92. The summed E-state index contributed by atoms with van der Waals surface area (Å²) in [4.78, 5) is 19.4. The molecule has 1 aliphatic heterocycles. The Morgan fingerprint density at radius 1 is 1.48 bits per heavy atom. The standard InChI is InChI=1S/C17H27N3O/c1-5-7-14-10-13(11-16(18-4)19-14)17(21)20-9-6-8-15(20)12(2)3/h10-12,15H,5-9H2,1-4H3,(H,18,19). The third-order valence-corrected chi connectivity index (χ3v) is 4.22. The van der Waals surface area contributed by atoms with Crippen LogP contribution in [-0.4, -0.2) is 35.4 Å². The fourth-order valence-electron chi connectivity index (χ4n) is 3.13. The lowest BCUT2D eigenvalue weighted by Crippen LogP contribution is -2.38. The molecule has 1 amide bonds. The van der Waals surface area contributed by atoms with E-state index in [1.165, 1.54) is 0 Å². The number of nitrogens with one attached hydrogen (secondary N) is 1. The van der Waals surface area contributed by atoms with Crippen LogP contribution in [0, 0.1) is 5.92 Å². The van der Waals surface area contributed by atoms with E-state index < -0.39 is 0 Å². The van der Waals surface area contributed by atoms with E-state index in [-0.39, 0.29) is 5.91 Å². The highest BCUT2D eigenvalue weighted by atomic mass is 16.2. The van der Waals surface area contributed by atoms with Crippen molar-refractivity contribution in [1.82, 2.24) is 9.88 Å². The number of aromatic nitrogens is 1. The van der Waals surface area contributed by atoms with Gasteiger partial charge in [0.1, 0.15) is 5.82 Å². The van der Waals surface area contributed by atoms with Crippen molar-refractivity contribution < 1.29 is 4.79 Å². The lowest BCUT2D eigenvalue weighted by atomic mass is 10.0. The van der Waals surface area contributed by atoms with E-state index >= 15 is 0 Å². The average molecular weight is 289 g/mol. The number of aryl methyl sites for hydroxylation is 1. The summed E-state index contributed by atoms with van der Waals surface area (Å²) in [6, 6.07) is 4.21. The van der Waals surface area contributed by atoms with Gasteiger partial charge in [-0.2, -0.15) is 0 Å². The molecule has 1 N–H and O–H groups in total. The molecular weight excluding hydrogens is 262 g/mol. The van der Waals surface area contributed by atoms with Crippen molar-refractivity contribution in [2.24, 2.45) is 5.92 Å². The van der Waals surface area contributed by atoms with Crippen LogP contribution in [0.2, 0.25) is 0 Å². The molecule has 2 rings (SSSR count). The number of carbonyl (C=O) groups is 1. The summed E-state index contributed by atoms with van der Waals surface area (Å²) < 4.78 is 0. The lowest BCUT2D eigenvalue weighted by molar-refractivity contribution is 0.0701. The molecule has 4 heteroatoms. The van der Waals surface area contributed by atoms with Crippen LogP contribution in [0.4, 0.5) is 5.82 Å². The zero-order valence-electron chi connectivity index (χ0n) is 13.6. The van der Waals surface area contributed by atoms with Gasteiger partial charge in [0.15, 0.2) is 0 Å². The molecule has 2 heterocycles. The molecule has 0 spiro atoms. The molecule has 1 aliphatic rings. The molecule has 1 aromatic rings. The van der Waals surface area contributed by atoms with Gasteiger partial charge in [-0.3, -0.25) is 4.79 Å². The zero-order chi connectivity index (χ0) is 15.4. The number of hydrogen-bond donors (Lipinski definition) is 1. The van der Waals surface area contributed by atoms with E-state index in [1.807, 2.05) is 19.2 Å². The molecule has 4 nitrogen and oxygen atoms in total. The maximum atomic E-state index is 12.9. The number of anilines is 1. The molecule has 1 atom stereocenters. The first-order valence-corrected chi connectivity index (χ1v) is 8.06. The van der Waals surface area contributed by atoms with E-state index in [0.29, 0.717) is 12.0 Å². The number of pyridine rings is 1. The number of likely N-dealkylation sites (tertiary alicyclic amines) is 1. The first-order valence-electron chi connectivity index (χ1n) is 8.06. The lowest BCUT2D eigenvalue weighted by Gasteiger charge is -2.28. The molecule has 1 saturated heterocycles. The van der Waals surface area contributed by atoms with Crippen molar-refractivity contribution >= 4 is 11.7 Å². The number of rotatable bonds is 5. The summed E-state index contributed by atoms with van der Waals surface area (Å²) in [5.74, 6) is 1.45. The highest BCUT2D eigenvalue weighted by Gasteiger charge is 2.31. The molecule has 0 aromatic carbocycles. The van der Waals surface area contributed by atoms with E-state index in [2.05, 4.69) is 36.0 Å². The Labute approximate surface area is 127 Å². The Balaban J connectivity index is 2.27. The highest BCUT2D eigenvalue weighted by Crippen LogP contribution is 2.26. The molecule has 0 aliphatic carbocycles. The van der Waals surface area contributed by atoms with Gasteiger partial charge in [0.2, 0.25) is 0 Å². The van der Waals surface area contributed by atoms with Gasteiger partial charge in [0, 0.05) is 30.9 Å². The van der Waals surface area contributed by atoms with Crippen LogP contribution in [0.15, 0.2) is 12.1 Å². The number of hydrogen-bond acceptors (Lipinski definition) is 3. The largest absolute Gasteiger partial charge is 0.373 e. The molecule has 0 bridgehead atoms. The summed E-state index contributed by atoms with van der Waals surface area (Å²) >= 11 is 0. The summed E-state index contributed by atoms with van der Waals surface area (Å²) in [5.41, 5.74) is 1.76. The minimum absolute atomic E-state index is 0.155. The van der Waals surface area contributed by atoms with E-state index in [9.17, 15) is 4.79 Å². The van der Waals surface area contributed by atoms with Gasteiger partial charge in [-0.25, -0.2) is 4.98 Å². The zero-order valence-corrected chi connectivity index (χ0v) is 13.6. The fraction of sp³-hybridized carbons (Fsp3) is 0.647. The van der Waals surface area contributed by atoms with Crippen molar-refractivity contribution in [3.8, 4) is 0 Å². The van der Waals surface area contributed by atoms with Gasteiger partial charge in [0.05, 0.1) is 0 Å². The molecule has 1 fully saturated rings. The Kier molecular flexibility index (Phi) is 5.21. The maximum absolute atomic E-state index is 12.9. The van der Waals surface area contributed by atoms with Gasteiger partial charge < -0.3 is 10.2 Å². The minimum Gasteiger partial charge on any atom is -0.373 e. The van der Waals surface area contributed by atoms with Gasteiger partial charge in [-0.05, 0) is 37.3 Å². The third kappa shape index (κ3) is 3.55. The number of nitrogens with zero attached hydrogens (tertiary/aromatic N) is 2. The van der Waals surface area contributed by atoms with E-state index in [1.54, 1.807) is 0 Å². The quantitative estimate of drug-likeness (QED) is 0.904. The van der Waals surface area contributed by atoms with Crippen LogP contribution in [0.1, 0.15) is 56.1 Å². The first kappa shape index (κ1) is 15.8. The summed E-state index contributed by atoms with van der Waals surface area (Å²) in [5, 5.41) is 3.06. The van der Waals surface area contributed by atoms with E-state index in [0.717, 1.165) is 49.3 Å². The van der Waals surface area contributed by atoms with Gasteiger partial charge in [-0.15, -0.1) is 0 Å². The fourth-order valence-corrected chi connectivity index (χ4v) is 3.13. The van der Waals surface area contributed by atoms with Crippen LogP contribution >= 0.6 is 0 Å². The molecule has 1 unspecified atom stereocenters. The smallest absolute Gasteiger partial charge is 0.254 e. The molecule has 0 saturated carbocycles. The van der Waals surface area contributed by atoms with Gasteiger partial charge >= 0.3 is 0 Å². The second-order valence-corrected chi connectivity index (χ2v) is 6.18. The topological polar surface area (TPSA) is 45.2 Å². The molecule has 0 radical (unpaired) electrons. The van der Waals surface area contributed by atoms with Crippen molar-refractivity contribution in [1.29, 1.82) is 0 Å². The molecule has 116 valence electrons. The molecule has 21 heavy (non-hydrogen) atoms. The predicted octanol–water partition coefficient (Wildman–Crippen LogP) is 3.34. The molecule has 1 aromatic heterocycles. The van der Waals surface area contributed by atoms with Crippen molar-refractivity contribution in [3.63, 3.8) is 0 Å². The number of carbonyl (C=O) groups excluding carboxylic acids is 1. The maximum Gasteiger partial charge on any atom is 0.254 e. The summed E-state index contributed by atoms with van der Waals surface area (Å²) in [6.07, 6.45) is 4.17. The molecular formula is C17H27N3O. The first-order chi connectivity index (χ1) is 10.1. The summed E-state index contributed by atoms with van der Waals surface area (Å²) in [7, 11) is 1.85. The Morgan fingerprint density at radius 2 is 2.24 bits per heavy atom. The summed E-state index contributed by atoms with van der Waals surface area (Å²) in [6.45, 7) is 7.40. The van der Waals surface area contributed by atoms with Crippen LogP contribution in [0.3, 0.4) is 0 Å². The van der Waals surface area contributed by atoms with Crippen LogP contribution < -0.4 is 5.32 Å². The normalized spacial score (nSPS) is 18.3. The second-order valence-electron chi connectivity index (χ2n) is 6.18. The van der Waals surface area contributed by atoms with Crippen LogP contribution in [0.5, 0.6) is 0 Å². The van der Waals surface area contributed by atoms with E-state index in [4.69, 9.17) is 0 Å². The van der Waals surface area contributed by atoms with Crippen LogP contribution in [0.25, 0.3) is 0 Å². The monoisotopic (exact) mass is 289 g/mol. The SMILES string of the molecule is CCCc1cc(C(=O)N2CCCC2C(C)C)cc(NC)n1. The van der Waals surface area contributed by atoms with Crippen LogP contribution in [-0.2, 0) is 6.42 Å². The van der Waals surface area contributed by atoms with Crippen molar-refractivity contribution in [2.45, 2.75) is 52.5 Å². The Hall–Kier alpha value is -1.58. The van der Waals surface area contributed by atoms with Crippen molar-refractivity contribution in [2.75, 3.05) is 18.9 Å².